The molecule has 0 bridgehead atoms. The van der Waals surface area contributed by atoms with Crippen molar-refractivity contribution in [2.75, 3.05) is 0 Å². The van der Waals surface area contributed by atoms with E-state index in [0.717, 1.165) is 5.56 Å². The molecule has 2 heterocycles. The van der Waals surface area contributed by atoms with E-state index in [1.807, 2.05) is 13.0 Å². The van der Waals surface area contributed by atoms with Crippen molar-refractivity contribution in [3.8, 4) is 0 Å². The number of nitrogens with zero attached hydrogens (tertiary/aromatic N) is 4. The molecule has 0 radical (unpaired) electrons. The van der Waals surface area contributed by atoms with Crippen molar-refractivity contribution in [2.24, 2.45) is 0 Å². The molecule has 2 rings (SSSR count). The highest BCUT2D eigenvalue weighted by atomic mass is 35.7. The van der Waals surface area contributed by atoms with Gasteiger partial charge in [0.1, 0.15) is 5.82 Å². The highest BCUT2D eigenvalue weighted by Crippen LogP contribution is 2.15. The normalized spacial score (nSPS) is 11.7. The van der Waals surface area contributed by atoms with Crippen molar-refractivity contribution in [3.05, 3.63) is 35.9 Å². The Balaban J connectivity index is 2.39. The second kappa shape index (κ2) is 5.03. The zero-order valence-corrected chi connectivity index (χ0v) is 11.2. The van der Waals surface area contributed by atoms with Gasteiger partial charge in [-0.15, -0.1) is 10.2 Å². The van der Waals surface area contributed by atoms with Crippen LogP contribution in [-0.4, -0.2) is 28.2 Å². The van der Waals surface area contributed by atoms with E-state index in [1.54, 1.807) is 18.5 Å². The third-order valence-corrected chi connectivity index (χ3v) is 3.57. The average Bonchev–Trinajstić information content (AvgIpc) is 2.73. The number of aromatic nitrogens is 4. The second-order valence-corrected chi connectivity index (χ2v) is 6.08. The number of pyridine rings is 1. The molecule has 18 heavy (non-hydrogen) atoms. The van der Waals surface area contributed by atoms with Gasteiger partial charge in [-0.1, -0.05) is 6.07 Å². The number of hydrogen-bond acceptors (Lipinski definition) is 5. The first kappa shape index (κ1) is 13.0. The first-order valence-electron chi connectivity index (χ1n) is 5.28. The van der Waals surface area contributed by atoms with E-state index in [-0.39, 0.29) is 5.16 Å². The van der Waals surface area contributed by atoms with Gasteiger partial charge in [0.2, 0.25) is 0 Å². The molecule has 0 amide bonds. The molecular formula is C10H11ClN4O2S. The van der Waals surface area contributed by atoms with Gasteiger partial charge in [-0.2, -0.15) is 0 Å². The van der Waals surface area contributed by atoms with Crippen LogP contribution < -0.4 is 0 Å². The Morgan fingerprint density at radius 2 is 2.17 bits per heavy atom. The van der Waals surface area contributed by atoms with Crippen LogP contribution in [0.3, 0.4) is 0 Å². The van der Waals surface area contributed by atoms with E-state index >= 15 is 0 Å². The minimum atomic E-state index is -3.87. The fourth-order valence-electron chi connectivity index (χ4n) is 1.63. The van der Waals surface area contributed by atoms with Gasteiger partial charge in [0, 0.05) is 36.0 Å². The maximum atomic E-state index is 11.3. The summed E-state index contributed by atoms with van der Waals surface area (Å²) in [5, 5.41) is 7.28. The maximum Gasteiger partial charge on any atom is 0.296 e. The lowest BCUT2D eigenvalue weighted by molar-refractivity contribution is 0.576. The lowest BCUT2D eigenvalue weighted by Gasteiger charge is -2.05. The third-order valence-electron chi connectivity index (χ3n) is 2.41. The van der Waals surface area contributed by atoms with Crippen LogP contribution in [0.4, 0.5) is 0 Å². The topological polar surface area (TPSA) is 77.7 Å². The third kappa shape index (κ3) is 2.68. The molecule has 0 N–H and O–H groups in total. The van der Waals surface area contributed by atoms with Gasteiger partial charge in [-0.3, -0.25) is 4.98 Å². The summed E-state index contributed by atoms with van der Waals surface area (Å²) in [6.07, 6.45) is 3.83. The molecule has 2 aromatic heterocycles. The molecule has 0 atom stereocenters. The van der Waals surface area contributed by atoms with E-state index in [2.05, 4.69) is 15.2 Å². The van der Waals surface area contributed by atoms with E-state index in [0.29, 0.717) is 18.8 Å². The molecule has 0 saturated heterocycles. The summed E-state index contributed by atoms with van der Waals surface area (Å²) in [5.74, 6) is 0.546. The van der Waals surface area contributed by atoms with Crippen LogP contribution in [0.1, 0.15) is 18.3 Å². The molecule has 2 aromatic rings. The molecule has 0 aliphatic carbocycles. The van der Waals surface area contributed by atoms with Crippen molar-refractivity contribution in [3.63, 3.8) is 0 Å². The van der Waals surface area contributed by atoms with Gasteiger partial charge in [0.15, 0.2) is 0 Å². The molecule has 0 saturated carbocycles. The van der Waals surface area contributed by atoms with Gasteiger partial charge in [0.05, 0.1) is 0 Å². The van der Waals surface area contributed by atoms with Crippen LogP contribution in [0.5, 0.6) is 0 Å². The Hall–Kier alpha value is -1.47. The van der Waals surface area contributed by atoms with E-state index < -0.39 is 9.05 Å². The Morgan fingerprint density at radius 1 is 1.39 bits per heavy atom. The summed E-state index contributed by atoms with van der Waals surface area (Å²) >= 11 is 0. The van der Waals surface area contributed by atoms with E-state index in [1.165, 1.54) is 4.57 Å². The fraction of sp³-hybridized carbons (Fsp3) is 0.300. The molecule has 0 fully saturated rings. The maximum absolute atomic E-state index is 11.3. The standard InChI is InChI=1S/C10H11ClN4O2S/c1-2-15-9(6-8-4-3-5-12-7-8)13-14-10(15)18(11,16)17/h3-5,7H,2,6H2,1H3. The lowest BCUT2D eigenvalue weighted by Crippen LogP contribution is -2.08. The van der Waals surface area contributed by atoms with Crippen LogP contribution in [0, 0.1) is 0 Å². The monoisotopic (exact) mass is 286 g/mol. The van der Waals surface area contributed by atoms with Crippen molar-refractivity contribution in [1.29, 1.82) is 0 Å². The van der Waals surface area contributed by atoms with Crippen LogP contribution in [0.15, 0.2) is 29.7 Å². The molecule has 0 aliphatic rings. The van der Waals surface area contributed by atoms with Crippen molar-refractivity contribution >= 4 is 19.7 Å². The molecular weight excluding hydrogens is 276 g/mol. The molecule has 96 valence electrons. The van der Waals surface area contributed by atoms with Gasteiger partial charge in [-0.25, -0.2) is 8.42 Å². The van der Waals surface area contributed by atoms with Crippen LogP contribution in [-0.2, 0) is 22.0 Å². The number of rotatable bonds is 4. The van der Waals surface area contributed by atoms with Crippen molar-refractivity contribution in [2.45, 2.75) is 25.0 Å². The summed E-state index contributed by atoms with van der Waals surface area (Å²) in [7, 11) is 1.42. The Labute approximate surface area is 109 Å². The molecule has 0 unspecified atom stereocenters. The zero-order valence-electron chi connectivity index (χ0n) is 9.62. The highest BCUT2D eigenvalue weighted by molar-refractivity contribution is 8.13. The molecule has 0 aliphatic heterocycles. The zero-order chi connectivity index (χ0) is 13.2. The average molecular weight is 287 g/mol. The Morgan fingerprint density at radius 3 is 2.72 bits per heavy atom. The first-order chi connectivity index (χ1) is 8.52. The fourth-order valence-corrected chi connectivity index (χ4v) is 2.61. The van der Waals surface area contributed by atoms with Crippen molar-refractivity contribution < 1.29 is 8.42 Å². The van der Waals surface area contributed by atoms with Crippen LogP contribution >= 0.6 is 10.7 Å². The summed E-state index contributed by atoms with van der Waals surface area (Å²) < 4.78 is 24.1. The van der Waals surface area contributed by atoms with Gasteiger partial charge in [-0.05, 0) is 18.6 Å². The smallest absolute Gasteiger partial charge is 0.296 e. The largest absolute Gasteiger partial charge is 0.301 e. The predicted molar refractivity (Wildman–Crippen MR) is 65.8 cm³/mol. The lowest BCUT2D eigenvalue weighted by atomic mass is 10.2. The van der Waals surface area contributed by atoms with Gasteiger partial charge in [0.25, 0.3) is 14.2 Å². The molecule has 0 aromatic carbocycles. The van der Waals surface area contributed by atoms with Crippen molar-refractivity contribution in [1.82, 2.24) is 19.7 Å². The SMILES string of the molecule is CCn1c(Cc2cccnc2)nnc1S(=O)(=O)Cl. The summed E-state index contributed by atoms with van der Waals surface area (Å²) in [6, 6.07) is 3.69. The summed E-state index contributed by atoms with van der Waals surface area (Å²) in [5.41, 5.74) is 0.929. The Bertz CT molecular complexity index is 639. The van der Waals surface area contributed by atoms with Gasteiger partial charge < -0.3 is 4.57 Å². The number of halogens is 1. The molecule has 8 heteroatoms. The van der Waals surface area contributed by atoms with Crippen LogP contribution in [0.25, 0.3) is 0 Å². The summed E-state index contributed by atoms with van der Waals surface area (Å²) in [4.78, 5) is 3.99. The first-order valence-corrected chi connectivity index (χ1v) is 7.59. The highest BCUT2D eigenvalue weighted by Gasteiger charge is 2.21. The minimum Gasteiger partial charge on any atom is -0.301 e. The molecule has 0 spiro atoms. The quantitative estimate of drug-likeness (QED) is 0.790. The van der Waals surface area contributed by atoms with E-state index in [9.17, 15) is 8.42 Å². The predicted octanol–water partition coefficient (Wildman–Crippen LogP) is 1.21. The number of hydrogen-bond donors (Lipinski definition) is 0. The Kier molecular flexibility index (Phi) is 3.63. The van der Waals surface area contributed by atoms with E-state index in [4.69, 9.17) is 10.7 Å². The minimum absolute atomic E-state index is 0.217. The summed E-state index contributed by atoms with van der Waals surface area (Å²) in [6.45, 7) is 2.24. The molecule has 6 nitrogen and oxygen atoms in total. The van der Waals surface area contributed by atoms with Crippen LogP contribution in [0.2, 0.25) is 0 Å². The second-order valence-electron chi connectivity index (χ2n) is 3.62. The van der Waals surface area contributed by atoms with Gasteiger partial charge >= 0.3 is 0 Å².